The third-order valence-corrected chi connectivity index (χ3v) is 2.07. The molecule has 0 bridgehead atoms. The van der Waals surface area contributed by atoms with E-state index in [2.05, 4.69) is 4.18 Å². The number of hydrogen-bond donors (Lipinski definition) is 1. The average molecular weight is 183 g/mol. The Hall–Kier alpha value is -0.660. The highest BCUT2D eigenvalue weighted by molar-refractivity contribution is 7.84. The van der Waals surface area contributed by atoms with E-state index >= 15 is 0 Å². The minimum Gasteiger partial charge on any atom is -0.385 e. The Morgan fingerprint density at radius 1 is 1.55 bits per heavy atom. The topological polar surface area (TPSA) is 83.9 Å². The molecular formula is C4H9NO5S. The number of carbonyl (C=O) groups is 1. The lowest BCUT2D eigenvalue weighted by atomic mass is 10.8. The van der Waals surface area contributed by atoms with Gasteiger partial charge in [0.1, 0.15) is 6.61 Å². The van der Waals surface area contributed by atoms with Crippen molar-refractivity contribution in [1.29, 1.82) is 0 Å². The smallest absolute Gasteiger partial charge is 0.385 e. The van der Waals surface area contributed by atoms with Gasteiger partial charge >= 0.3 is 16.3 Å². The van der Waals surface area contributed by atoms with E-state index in [1.165, 1.54) is 14.1 Å². The summed E-state index contributed by atoms with van der Waals surface area (Å²) in [5, 5.41) is 8.12. The van der Waals surface area contributed by atoms with Gasteiger partial charge in [-0.05, 0) is 0 Å². The van der Waals surface area contributed by atoms with Gasteiger partial charge in [0.2, 0.25) is 0 Å². The van der Waals surface area contributed by atoms with Crippen molar-refractivity contribution >= 4 is 16.3 Å². The first-order valence-electron chi connectivity index (χ1n) is 2.66. The molecule has 0 aliphatic carbocycles. The van der Waals surface area contributed by atoms with Crippen LogP contribution in [0.2, 0.25) is 0 Å². The maximum absolute atomic E-state index is 10.7. The molecule has 66 valence electrons. The molecule has 0 aliphatic heterocycles. The van der Waals surface area contributed by atoms with E-state index in [-0.39, 0.29) is 0 Å². The van der Waals surface area contributed by atoms with E-state index in [4.69, 9.17) is 5.11 Å². The first-order chi connectivity index (χ1) is 4.90. The van der Waals surface area contributed by atoms with Crippen LogP contribution in [0.1, 0.15) is 0 Å². The fourth-order valence-corrected chi connectivity index (χ4v) is 0.655. The van der Waals surface area contributed by atoms with Crippen LogP contribution in [0.15, 0.2) is 0 Å². The van der Waals surface area contributed by atoms with Crippen LogP contribution in [0.5, 0.6) is 0 Å². The summed E-state index contributed by atoms with van der Waals surface area (Å²) in [6, 6.07) is 0. The van der Waals surface area contributed by atoms with Gasteiger partial charge in [-0.2, -0.15) is 12.7 Å². The van der Waals surface area contributed by atoms with Crippen molar-refractivity contribution in [3.05, 3.63) is 0 Å². The number of aliphatic hydroxyl groups is 1. The number of rotatable bonds is 3. The number of hydrogen-bond acceptors (Lipinski definition) is 5. The van der Waals surface area contributed by atoms with Gasteiger partial charge in [-0.1, -0.05) is 0 Å². The summed E-state index contributed by atoms with van der Waals surface area (Å²) < 4.78 is 25.9. The monoisotopic (exact) mass is 183 g/mol. The van der Waals surface area contributed by atoms with Crippen molar-refractivity contribution in [3.8, 4) is 0 Å². The van der Waals surface area contributed by atoms with Crippen LogP contribution in [0.25, 0.3) is 0 Å². The number of carbonyl (C=O) groups excluding carboxylic acids is 1. The minimum atomic E-state index is -3.99. The molecule has 0 saturated heterocycles. The molecule has 7 heteroatoms. The fraction of sp³-hybridized carbons (Fsp3) is 0.750. The average Bonchev–Trinajstić information content (AvgIpc) is 1.86. The summed E-state index contributed by atoms with van der Waals surface area (Å²) in [5.41, 5.74) is 0. The molecule has 0 aromatic heterocycles. The predicted molar refractivity (Wildman–Crippen MR) is 35.8 cm³/mol. The molecule has 0 rings (SSSR count). The summed E-state index contributed by atoms with van der Waals surface area (Å²) in [7, 11) is -1.57. The maximum atomic E-state index is 10.7. The van der Waals surface area contributed by atoms with Gasteiger partial charge in [-0.15, -0.1) is 0 Å². The van der Waals surface area contributed by atoms with Crippen LogP contribution < -0.4 is 0 Å². The molecule has 0 spiro atoms. The number of aliphatic hydroxyl groups excluding tert-OH is 1. The van der Waals surface area contributed by atoms with Crippen molar-refractivity contribution in [2.45, 2.75) is 0 Å². The lowest BCUT2D eigenvalue weighted by Crippen LogP contribution is -2.28. The van der Waals surface area contributed by atoms with Crippen molar-refractivity contribution in [3.63, 3.8) is 0 Å². The van der Waals surface area contributed by atoms with Crippen LogP contribution in [0, 0.1) is 0 Å². The summed E-state index contributed by atoms with van der Waals surface area (Å²) in [6.07, 6.45) is 0. The summed E-state index contributed by atoms with van der Waals surface area (Å²) in [5.74, 6) is -1.20. The Morgan fingerprint density at radius 2 is 2.00 bits per heavy atom. The quantitative estimate of drug-likeness (QED) is 0.565. The molecule has 0 heterocycles. The van der Waals surface area contributed by atoms with E-state index < -0.39 is 22.9 Å². The molecular weight excluding hydrogens is 174 g/mol. The first kappa shape index (κ1) is 10.3. The molecule has 0 amide bonds. The van der Waals surface area contributed by atoms with Crippen molar-refractivity contribution in [2.24, 2.45) is 0 Å². The molecule has 0 unspecified atom stereocenters. The normalized spacial score (nSPS) is 11.6. The lowest BCUT2D eigenvalue weighted by molar-refractivity contribution is -0.137. The van der Waals surface area contributed by atoms with E-state index in [1.54, 1.807) is 0 Å². The Morgan fingerprint density at radius 3 is 2.27 bits per heavy atom. The highest BCUT2D eigenvalue weighted by Crippen LogP contribution is 1.95. The van der Waals surface area contributed by atoms with Crippen molar-refractivity contribution in [1.82, 2.24) is 4.31 Å². The van der Waals surface area contributed by atoms with Gasteiger partial charge in [0.05, 0.1) is 0 Å². The van der Waals surface area contributed by atoms with Crippen LogP contribution in [-0.2, 0) is 19.3 Å². The van der Waals surface area contributed by atoms with Gasteiger partial charge < -0.3 is 9.29 Å². The number of nitrogens with zero attached hydrogens (tertiary/aromatic N) is 1. The van der Waals surface area contributed by atoms with Gasteiger partial charge in [0.15, 0.2) is 0 Å². The molecule has 0 saturated carbocycles. The standard InChI is InChI=1S/C4H9NO5S/c1-5(2)11(8,9)10-4(7)3-6/h6H,3H2,1-2H3. The van der Waals surface area contributed by atoms with Gasteiger partial charge in [0, 0.05) is 14.1 Å². The third kappa shape index (κ3) is 3.30. The molecule has 11 heavy (non-hydrogen) atoms. The molecule has 1 N–H and O–H groups in total. The molecule has 0 radical (unpaired) electrons. The molecule has 0 aromatic carbocycles. The zero-order valence-electron chi connectivity index (χ0n) is 6.14. The largest absolute Gasteiger partial charge is 0.387 e. The van der Waals surface area contributed by atoms with Crippen molar-refractivity contribution < 1.29 is 22.5 Å². The second-order valence-corrected chi connectivity index (χ2v) is 3.61. The molecule has 0 atom stereocenters. The van der Waals surface area contributed by atoms with Crippen LogP contribution >= 0.6 is 0 Å². The van der Waals surface area contributed by atoms with E-state index in [0.29, 0.717) is 0 Å². The van der Waals surface area contributed by atoms with Gasteiger partial charge in [-0.25, -0.2) is 4.79 Å². The van der Waals surface area contributed by atoms with Gasteiger partial charge in [0.25, 0.3) is 0 Å². The minimum absolute atomic E-state index is 0.723. The van der Waals surface area contributed by atoms with Crippen LogP contribution in [0.4, 0.5) is 0 Å². The van der Waals surface area contributed by atoms with E-state index in [9.17, 15) is 13.2 Å². The Labute approximate surface area is 64.6 Å². The highest BCUT2D eigenvalue weighted by Gasteiger charge is 2.18. The molecule has 0 fully saturated rings. The summed E-state index contributed by atoms with van der Waals surface area (Å²) in [6.45, 7) is -0.951. The first-order valence-corrected chi connectivity index (χ1v) is 4.02. The van der Waals surface area contributed by atoms with Crippen LogP contribution in [-0.4, -0.2) is 44.5 Å². The lowest BCUT2D eigenvalue weighted by Gasteiger charge is -2.08. The zero-order valence-corrected chi connectivity index (χ0v) is 6.96. The zero-order chi connectivity index (χ0) is 9.07. The summed E-state index contributed by atoms with van der Waals surface area (Å²) in [4.78, 5) is 10.3. The Bertz CT molecular complexity index is 231. The highest BCUT2D eigenvalue weighted by atomic mass is 32.2. The van der Waals surface area contributed by atoms with E-state index in [1.807, 2.05) is 0 Å². The maximum Gasteiger partial charge on any atom is 0.387 e. The van der Waals surface area contributed by atoms with Crippen LogP contribution in [0.3, 0.4) is 0 Å². The molecule has 0 aromatic rings. The fourth-order valence-electron chi connectivity index (χ4n) is 0.218. The molecule has 6 nitrogen and oxygen atoms in total. The second-order valence-electron chi connectivity index (χ2n) is 1.85. The van der Waals surface area contributed by atoms with Crippen molar-refractivity contribution in [2.75, 3.05) is 20.7 Å². The predicted octanol–water partition coefficient (Wildman–Crippen LogP) is -1.67. The molecule has 0 aliphatic rings. The second kappa shape index (κ2) is 3.65. The Balaban J connectivity index is 4.27. The van der Waals surface area contributed by atoms with E-state index in [0.717, 1.165) is 4.31 Å². The van der Waals surface area contributed by atoms with Gasteiger partial charge in [-0.3, -0.25) is 0 Å². The Kier molecular flexibility index (Phi) is 3.43. The summed E-state index contributed by atoms with van der Waals surface area (Å²) >= 11 is 0. The SMILES string of the molecule is CN(C)S(=O)(=O)OC(=O)CO. The third-order valence-electron chi connectivity index (χ3n) is 0.775.